The summed E-state index contributed by atoms with van der Waals surface area (Å²) in [6, 6.07) is 60.3. The van der Waals surface area contributed by atoms with E-state index >= 15 is 0 Å². The summed E-state index contributed by atoms with van der Waals surface area (Å²) in [7, 11) is 0. The molecule has 0 spiro atoms. The maximum atomic E-state index is 6.67. The molecule has 0 aliphatic carbocycles. The van der Waals surface area contributed by atoms with E-state index in [1.165, 1.54) is 36.7 Å². The summed E-state index contributed by atoms with van der Waals surface area (Å²) in [5.74, 6) is 0.674. The Morgan fingerprint density at radius 3 is 2.00 bits per heavy atom. The Labute approximate surface area is 303 Å². The molecule has 0 aliphatic heterocycles. The van der Waals surface area contributed by atoms with E-state index in [2.05, 4.69) is 170 Å². The van der Waals surface area contributed by atoms with Crippen LogP contribution in [0.3, 0.4) is 0 Å². The van der Waals surface area contributed by atoms with Crippen molar-refractivity contribution >= 4 is 75.1 Å². The monoisotopic (exact) mass is 680 g/mol. The largest absolute Gasteiger partial charge is 0.452 e. The maximum Gasteiger partial charge on any atom is 0.180 e. The second-order valence-electron chi connectivity index (χ2n) is 13.3. The standard InChI is InChI=1S/C48H28N2OS/c1-2-12-31-28-36(23-22-29(31)10-1)48-49-44(46-45(50-48)43-37-17-4-3-11-30(37)24-25-41(43)51-46)35-16-8-14-33(27-35)32-13-7-15-34(26-32)38-19-9-20-40-39-18-5-6-21-42(39)52-47(38)40/h1-28H. The second kappa shape index (κ2) is 11.5. The van der Waals surface area contributed by atoms with E-state index in [0.717, 1.165) is 60.6 Å². The lowest BCUT2D eigenvalue weighted by Crippen LogP contribution is -1.94. The first-order chi connectivity index (χ1) is 25.7. The summed E-state index contributed by atoms with van der Waals surface area (Å²) in [4.78, 5) is 10.5. The third kappa shape index (κ3) is 4.58. The van der Waals surface area contributed by atoms with Gasteiger partial charge < -0.3 is 4.42 Å². The van der Waals surface area contributed by atoms with Crippen molar-refractivity contribution in [3.63, 3.8) is 0 Å². The van der Waals surface area contributed by atoms with Gasteiger partial charge in [0.15, 0.2) is 11.4 Å². The van der Waals surface area contributed by atoms with Gasteiger partial charge in [-0.2, -0.15) is 0 Å². The molecule has 11 aromatic rings. The lowest BCUT2D eigenvalue weighted by Gasteiger charge is -2.10. The summed E-state index contributed by atoms with van der Waals surface area (Å²) in [5, 5.41) is 8.24. The number of furan rings is 1. The van der Waals surface area contributed by atoms with E-state index in [1.807, 2.05) is 11.3 Å². The van der Waals surface area contributed by atoms with Gasteiger partial charge in [-0.15, -0.1) is 11.3 Å². The highest BCUT2D eigenvalue weighted by atomic mass is 32.1. The van der Waals surface area contributed by atoms with Crippen LogP contribution in [0.4, 0.5) is 0 Å². The predicted molar refractivity (Wildman–Crippen MR) is 219 cm³/mol. The van der Waals surface area contributed by atoms with Crippen molar-refractivity contribution < 1.29 is 4.42 Å². The zero-order chi connectivity index (χ0) is 34.2. The van der Waals surface area contributed by atoms with E-state index in [0.29, 0.717) is 11.4 Å². The number of rotatable bonds is 4. The number of benzene rings is 8. The number of fused-ring (bicyclic) bond motifs is 9. The molecule has 8 aromatic carbocycles. The molecule has 0 radical (unpaired) electrons. The molecule has 4 heteroatoms. The minimum absolute atomic E-state index is 0.674. The average Bonchev–Trinajstić information content (AvgIpc) is 3.79. The number of hydrogen-bond donors (Lipinski definition) is 0. The molecule has 52 heavy (non-hydrogen) atoms. The highest BCUT2D eigenvalue weighted by molar-refractivity contribution is 7.26. The van der Waals surface area contributed by atoms with Crippen LogP contribution in [0, 0.1) is 0 Å². The van der Waals surface area contributed by atoms with Crippen LogP contribution in [-0.2, 0) is 0 Å². The van der Waals surface area contributed by atoms with Crippen LogP contribution in [0.25, 0.3) is 109 Å². The molecule has 3 aromatic heterocycles. The second-order valence-corrected chi connectivity index (χ2v) is 14.4. The summed E-state index contributed by atoms with van der Waals surface area (Å²) in [6.07, 6.45) is 0. The van der Waals surface area contributed by atoms with Crippen molar-refractivity contribution in [1.82, 2.24) is 9.97 Å². The molecule has 0 bridgehead atoms. The molecular formula is C48H28N2OS. The smallest absolute Gasteiger partial charge is 0.180 e. The fourth-order valence-electron chi connectivity index (χ4n) is 7.75. The molecule has 0 atom stereocenters. The van der Waals surface area contributed by atoms with E-state index in [9.17, 15) is 0 Å². The van der Waals surface area contributed by atoms with Gasteiger partial charge in [0.25, 0.3) is 0 Å². The van der Waals surface area contributed by atoms with Crippen molar-refractivity contribution in [2.24, 2.45) is 0 Å². The third-order valence-corrected chi connectivity index (χ3v) is 11.5. The Kier molecular flexibility index (Phi) is 6.42. The Morgan fingerprint density at radius 2 is 1.12 bits per heavy atom. The van der Waals surface area contributed by atoms with Gasteiger partial charge in [0.1, 0.15) is 16.8 Å². The minimum atomic E-state index is 0.674. The van der Waals surface area contributed by atoms with Gasteiger partial charge in [-0.05, 0) is 74.1 Å². The van der Waals surface area contributed by atoms with Crippen LogP contribution in [0.2, 0.25) is 0 Å². The first-order valence-corrected chi connectivity index (χ1v) is 18.3. The maximum absolute atomic E-state index is 6.67. The lowest BCUT2D eigenvalue weighted by atomic mass is 9.96. The molecule has 0 N–H and O–H groups in total. The van der Waals surface area contributed by atoms with E-state index in [4.69, 9.17) is 14.4 Å². The summed E-state index contributed by atoms with van der Waals surface area (Å²) >= 11 is 1.86. The normalized spacial score (nSPS) is 11.8. The van der Waals surface area contributed by atoms with E-state index in [1.54, 1.807) is 0 Å². The average molecular weight is 681 g/mol. The Balaban J connectivity index is 1.10. The van der Waals surface area contributed by atoms with Crippen LogP contribution in [0.1, 0.15) is 0 Å². The fourth-order valence-corrected chi connectivity index (χ4v) is 8.99. The molecule has 0 amide bonds. The van der Waals surface area contributed by atoms with Crippen LogP contribution in [-0.4, -0.2) is 9.97 Å². The summed E-state index contributed by atoms with van der Waals surface area (Å²) in [5.41, 5.74) is 9.76. The third-order valence-electron chi connectivity index (χ3n) is 10.3. The lowest BCUT2D eigenvalue weighted by molar-refractivity contribution is 0.667. The topological polar surface area (TPSA) is 38.9 Å². The Bertz CT molecular complexity index is 3210. The Hall–Kier alpha value is -6.62. The highest BCUT2D eigenvalue weighted by Gasteiger charge is 2.20. The summed E-state index contributed by atoms with van der Waals surface area (Å²) in [6.45, 7) is 0. The van der Waals surface area contributed by atoms with Gasteiger partial charge in [0.05, 0.1) is 5.39 Å². The predicted octanol–water partition coefficient (Wildman–Crippen LogP) is 13.7. The molecule has 3 heterocycles. The first kappa shape index (κ1) is 29.1. The van der Waals surface area contributed by atoms with Crippen molar-refractivity contribution in [3.05, 3.63) is 170 Å². The molecule has 0 unspecified atom stereocenters. The van der Waals surface area contributed by atoms with Crippen LogP contribution in [0.15, 0.2) is 174 Å². The number of hydrogen-bond acceptors (Lipinski definition) is 4. The van der Waals surface area contributed by atoms with Crippen molar-refractivity contribution in [3.8, 4) is 44.9 Å². The molecule has 0 saturated carbocycles. The van der Waals surface area contributed by atoms with Crippen molar-refractivity contribution in [2.75, 3.05) is 0 Å². The molecule has 3 nitrogen and oxygen atoms in total. The van der Waals surface area contributed by atoms with Gasteiger partial charge in [-0.3, -0.25) is 0 Å². The highest BCUT2D eigenvalue weighted by Crippen LogP contribution is 2.42. The van der Waals surface area contributed by atoms with Gasteiger partial charge >= 0.3 is 0 Å². The van der Waals surface area contributed by atoms with Crippen molar-refractivity contribution in [1.29, 1.82) is 0 Å². The minimum Gasteiger partial charge on any atom is -0.452 e. The van der Waals surface area contributed by atoms with Gasteiger partial charge in [0.2, 0.25) is 0 Å². The van der Waals surface area contributed by atoms with E-state index in [-0.39, 0.29) is 0 Å². The molecule has 11 rings (SSSR count). The molecular weight excluding hydrogens is 653 g/mol. The zero-order valence-electron chi connectivity index (χ0n) is 27.9. The quantitative estimate of drug-likeness (QED) is 0.186. The molecule has 0 aliphatic rings. The molecule has 242 valence electrons. The molecule has 0 fully saturated rings. The number of nitrogens with zero attached hydrogens (tertiary/aromatic N) is 2. The van der Waals surface area contributed by atoms with Gasteiger partial charge in [-0.1, -0.05) is 140 Å². The van der Waals surface area contributed by atoms with Crippen LogP contribution in [0.5, 0.6) is 0 Å². The summed E-state index contributed by atoms with van der Waals surface area (Å²) < 4.78 is 9.30. The van der Waals surface area contributed by atoms with Crippen LogP contribution < -0.4 is 0 Å². The number of thiophene rings is 1. The first-order valence-electron chi connectivity index (χ1n) is 17.5. The zero-order valence-corrected chi connectivity index (χ0v) is 28.7. The van der Waals surface area contributed by atoms with Crippen LogP contribution >= 0.6 is 11.3 Å². The fraction of sp³-hybridized carbons (Fsp3) is 0. The SMILES string of the molecule is c1cc(-c2cccc(-c3cccc4c3sc3ccccc34)c2)cc(-c2nc(-c3ccc4ccccc4c3)nc3c2oc2ccc4ccccc4c23)c1. The van der Waals surface area contributed by atoms with E-state index < -0.39 is 0 Å². The van der Waals surface area contributed by atoms with Crippen molar-refractivity contribution in [2.45, 2.75) is 0 Å². The van der Waals surface area contributed by atoms with Gasteiger partial charge in [0, 0.05) is 31.3 Å². The Morgan fingerprint density at radius 1 is 0.442 bits per heavy atom. The molecule has 0 saturated heterocycles. The number of aromatic nitrogens is 2. The van der Waals surface area contributed by atoms with Gasteiger partial charge in [-0.25, -0.2) is 9.97 Å².